The SMILES string of the molecule is OCc1cccc(F)c1OCc1cc(F)cc(Br)c1. The highest BCUT2D eigenvalue weighted by Gasteiger charge is 2.09. The Balaban J connectivity index is 2.18. The number of benzene rings is 2. The summed E-state index contributed by atoms with van der Waals surface area (Å²) in [4.78, 5) is 0. The first-order valence-electron chi connectivity index (χ1n) is 5.56. The Morgan fingerprint density at radius 2 is 1.95 bits per heavy atom. The second-order valence-electron chi connectivity index (χ2n) is 3.95. The predicted molar refractivity (Wildman–Crippen MR) is 70.8 cm³/mol. The van der Waals surface area contributed by atoms with E-state index < -0.39 is 11.6 Å². The minimum absolute atomic E-state index is 0.00890. The van der Waals surface area contributed by atoms with Crippen molar-refractivity contribution in [2.75, 3.05) is 0 Å². The first-order chi connectivity index (χ1) is 9.10. The molecule has 2 rings (SSSR count). The number of aliphatic hydroxyl groups excluding tert-OH is 1. The summed E-state index contributed by atoms with van der Waals surface area (Å²) in [6.07, 6.45) is 0. The molecule has 0 aliphatic rings. The maximum atomic E-state index is 13.6. The molecule has 0 heterocycles. The summed E-state index contributed by atoms with van der Waals surface area (Å²) >= 11 is 3.17. The summed E-state index contributed by atoms with van der Waals surface area (Å²) in [6, 6.07) is 8.63. The Kier molecular flexibility index (Phi) is 4.50. The van der Waals surface area contributed by atoms with E-state index in [0.29, 0.717) is 15.6 Å². The van der Waals surface area contributed by atoms with E-state index >= 15 is 0 Å². The third-order valence-electron chi connectivity index (χ3n) is 2.52. The number of halogens is 3. The number of ether oxygens (including phenoxy) is 1. The lowest BCUT2D eigenvalue weighted by atomic mass is 10.2. The molecule has 0 fully saturated rings. The van der Waals surface area contributed by atoms with Crippen molar-refractivity contribution in [3.63, 3.8) is 0 Å². The van der Waals surface area contributed by atoms with E-state index in [1.165, 1.54) is 24.3 Å². The van der Waals surface area contributed by atoms with Crippen LogP contribution in [0.1, 0.15) is 11.1 Å². The molecule has 1 N–H and O–H groups in total. The maximum Gasteiger partial charge on any atom is 0.165 e. The fourth-order valence-electron chi connectivity index (χ4n) is 1.69. The molecule has 100 valence electrons. The molecule has 0 saturated carbocycles. The first kappa shape index (κ1) is 14.0. The van der Waals surface area contributed by atoms with Crippen molar-refractivity contribution in [1.82, 2.24) is 0 Å². The van der Waals surface area contributed by atoms with Gasteiger partial charge < -0.3 is 9.84 Å². The third kappa shape index (κ3) is 3.52. The minimum Gasteiger partial charge on any atom is -0.485 e. The standard InChI is InChI=1S/C14H11BrF2O2/c15-11-4-9(5-12(16)6-11)8-19-14-10(7-18)2-1-3-13(14)17/h1-6,18H,7-8H2. The van der Waals surface area contributed by atoms with E-state index in [9.17, 15) is 8.78 Å². The zero-order chi connectivity index (χ0) is 13.8. The fourth-order valence-corrected chi connectivity index (χ4v) is 2.20. The molecular weight excluding hydrogens is 318 g/mol. The molecule has 0 atom stereocenters. The van der Waals surface area contributed by atoms with Gasteiger partial charge in [-0.1, -0.05) is 28.1 Å². The highest BCUT2D eigenvalue weighted by Crippen LogP contribution is 2.24. The molecule has 0 spiro atoms. The average Bonchev–Trinajstić information content (AvgIpc) is 2.36. The van der Waals surface area contributed by atoms with Crippen LogP contribution in [-0.2, 0) is 13.2 Å². The maximum absolute atomic E-state index is 13.6. The van der Waals surface area contributed by atoms with Crippen LogP contribution in [0.15, 0.2) is 40.9 Å². The van der Waals surface area contributed by atoms with Crippen LogP contribution in [0.25, 0.3) is 0 Å². The monoisotopic (exact) mass is 328 g/mol. The van der Waals surface area contributed by atoms with E-state index in [2.05, 4.69) is 15.9 Å². The van der Waals surface area contributed by atoms with E-state index in [0.717, 1.165) is 0 Å². The second kappa shape index (κ2) is 6.12. The summed E-state index contributed by atoms with van der Waals surface area (Å²) in [6.45, 7) is -0.301. The van der Waals surface area contributed by atoms with Crippen LogP contribution in [0.4, 0.5) is 8.78 Å². The van der Waals surface area contributed by atoms with E-state index in [-0.39, 0.29) is 19.0 Å². The van der Waals surface area contributed by atoms with Gasteiger partial charge in [-0.15, -0.1) is 0 Å². The molecule has 0 aliphatic heterocycles. The number of aliphatic hydroxyl groups is 1. The van der Waals surface area contributed by atoms with Gasteiger partial charge in [-0.3, -0.25) is 0 Å². The van der Waals surface area contributed by atoms with Gasteiger partial charge in [-0.25, -0.2) is 8.78 Å². The van der Waals surface area contributed by atoms with Gasteiger partial charge in [0.2, 0.25) is 0 Å². The zero-order valence-electron chi connectivity index (χ0n) is 9.87. The van der Waals surface area contributed by atoms with Crippen molar-refractivity contribution in [3.05, 3.63) is 63.6 Å². The molecule has 2 nitrogen and oxygen atoms in total. The molecule has 0 saturated heterocycles. The summed E-state index contributed by atoms with van der Waals surface area (Å²) in [5, 5.41) is 9.11. The first-order valence-corrected chi connectivity index (χ1v) is 6.35. The number of rotatable bonds is 4. The molecule has 0 aliphatic carbocycles. The van der Waals surface area contributed by atoms with Gasteiger partial charge in [-0.05, 0) is 29.8 Å². The highest BCUT2D eigenvalue weighted by molar-refractivity contribution is 9.10. The molecule has 0 amide bonds. The lowest BCUT2D eigenvalue weighted by Gasteiger charge is -2.11. The van der Waals surface area contributed by atoms with E-state index in [1.807, 2.05) is 0 Å². The van der Waals surface area contributed by atoms with Gasteiger partial charge in [0, 0.05) is 10.0 Å². The number of hydrogen-bond acceptors (Lipinski definition) is 2. The molecule has 2 aromatic carbocycles. The normalized spacial score (nSPS) is 10.5. The number of hydrogen-bond donors (Lipinski definition) is 1. The van der Waals surface area contributed by atoms with Gasteiger partial charge in [0.1, 0.15) is 12.4 Å². The van der Waals surface area contributed by atoms with Crippen LogP contribution >= 0.6 is 15.9 Å². The Morgan fingerprint density at radius 3 is 2.63 bits per heavy atom. The van der Waals surface area contributed by atoms with Gasteiger partial charge in [0.15, 0.2) is 11.6 Å². The molecule has 0 bridgehead atoms. The summed E-state index contributed by atoms with van der Waals surface area (Å²) in [7, 11) is 0. The van der Waals surface area contributed by atoms with Crippen molar-refractivity contribution >= 4 is 15.9 Å². The lowest BCUT2D eigenvalue weighted by molar-refractivity contribution is 0.251. The van der Waals surface area contributed by atoms with Crippen LogP contribution in [0, 0.1) is 11.6 Å². The summed E-state index contributed by atoms with van der Waals surface area (Å²) in [5.41, 5.74) is 0.925. The second-order valence-corrected chi connectivity index (χ2v) is 4.87. The molecule has 2 aromatic rings. The highest BCUT2D eigenvalue weighted by atomic mass is 79.9. The van der Waals surface area contributed by atoms with Crippen molar-refractivity contribution in [2.24, 2.45) is 0 Å². The Morgan fingerprint density at radius 1 is 1.16 bits per heavy atom. The molecule has 5 heteroatoms. The third-order valence-corrected chi connectivity index (χ3v) is 2.98. The van der Waals surface area contributed by atoms with E-state index in [1.54, 1.807) is 12.1 Å². The molecule has 0 radical (unpaired) electrons. The predicted octanol–water partition coefficient (Wildman–Crippen LogP) is 3.80. The summed E-state index contributed by atoms with van der Waals surface area (Å²) < 4.78 is 32.7. The van der Waals surface area contributed by atoms with Crippen molar-refractivity contribution in [3.8, 4) is 5.75 Å². The van der Waals surface area contributed by atoms with E-state index in [4.69, 9.17) is 9.84 Å². The zero-order valence-corrected chi connectivity index (χ0v) is 11.5. The molecule has 0 unspecified atom stereocenters. The molecular formula is C14H11BrF2O2. The van der Waals surface area contributed by atoms with Crippen LogP contribution < -0.4 is 4.74 Å². The van der Waals surface area contributed by atoms with Gasteiger partial charge in [0.25, 0.3) is 0 Å². The fraction of sp³-hybridized carbons (Fsp3) is 0.143. The van der Waals surface area contributed by atoms with Crippen LogP contribution in [0.2, 0.25) is 0 Å². The van der Waals surface area contributed by atoms with Gasteiger partial charge in [0.05, 0.1) is 6.61 Å². The Labute approximate surface area is 117 Å². The topological polar surface area (TPSA) is 29.5 Å². The molecule has 19 heavy (non-hydrogen) atoms. The lowest BCUT2D eigenvalue weighted by Crippen LogP contribution is -2.01. The largest absolute Gasteiger partial charge is 0.485 e. The summed E-state index contributed by atoms with van der Waals surface area (Å²) in [5.74, 6) is -0.962. The Bertz CT molecular complexity index is 567. The van der Waals surface area contributed by atoms with Crippen molar-refractivity contribution in [1.29, 1.82) is 0 Å². The minimum atomic E-state index is -0.554. The Hall–Kier alpha value is -1.46. The van der Waals surface area contributed by atoms with Crippen LogP contribution in [0.5, 0.6) is 5.75 Å². The van der Waals surface area contributed by atoms with Crippen molar-refractivity contribution in [2.45, 2.75) is 13.2 Å². The average molecular weight is 329 g/mol. The van der Waals surface area contributed by atoms with Gasteiger partial charge >= 0.3 is 0 Å². The van der Waals surface area contributed by atoms with Crippen molar-refractivity contribution < 1.29 is 18.6 Å². The van der Waals surface area contributed by atoms with Crippen LogP contribution in [0.3, 0.4) is 0 Å². The number of para-hydroxylation sites is 1. The van der Waals surface area contributed by atoms with Gasteiger partial charge in [-0.2, -0.15) is 0 Å². The quantitative estimate of drug-likeness (QED) is 0.925. The molecule has 0 aromatic heterocycles. The van der Waals surface area contributed by atoms with Crippen LogP contribution in [-0.4, -0.2) is 5.11 Å². The smallest absolute Gasteiger partial charge is 0.165 e.